The maximum atomic E-state index is 3.73. The van der Waals surface area contributed by atoms with Crippen LogP contribution in [0.1, 0.15) is 12.7 Å². The smallest absolute Gasteiger partial charge is 0.161 e. The first kappa shape index (κ1) is 5.93. The lowest BCUT2D eigenvalue weighted by molar-refractivity contribution is 0.869. The van der Waals surface area contributed by atoms with E-state index >= 15 is 0 Å². The van der Waals surface area contributed by atoms with Crippen LogP contribution in [0.3, 0.4) is 0 Å². The lowest BCUT2D eigenvalue weighted by Crippen LogP contribution is -1.89. The fourth-order valence-corrected chi connectivity index (χ4v) is 0.920. The maximum absolute atomic E-state index is 3.73. The van der Waals surface area contributed by atoms with Gasteiger partial charge >= 0.3 is 0 Å². The number of tetrazole rings is 1. The summed E-state index contributed by atoms with van der Waals surface area (Å²) in [6, 6.07) is 0. The average molecular weight is 224 g/mol. The summed E-state index contributed by atoms with van der Waals surface area (Å²) < 4.78 is 1.64. The van der Waals surface area contributed by atoms with Crippen molar-refractivity contribution in [3.8, 4) is 0 Å². The summed E-state index contributed by atoms with van der Waals surface area (Å²) >= 11 is 2.04. The van der Waals surface area contributed by atoms with Gasteiger partial charge in [-0.3, -0.25) is 0 Å². The molecule has 0 atom stereocenters. The van der Waals surface area contributed by atoms with Crippen LogP contribution in [0.25, 0.3) is 0 Å². The Morgan fingerprint density at radius 3 is 2.75 bits per heavy atom. The number of aryl methyl sites for hydroxylation is 1. The number of nitrogens with zero attached hydrogens (tertiary/aromatic N) is 4. The van der Waals surface area contributed by atoms with E-state index in [4.69, 9.17) is 0 Å². The molecule has 0 saturated heterocycles. The molecule has 0 N–H and O–H groups in total. The van der Waals surface area contributed by atoms with Crippen molar-refractivity contribution in [1.82, 2.24) is 18.4 Å². The molecular weight excluding hydrogens is 219 g/mol. The van der Waals surface area contributed by atoms with Crippen LogP contribution in [0.5, 0.6) is 0 Å². The van der Waals surface area contributed by atoms with Crippen LogP contribution in [-0.2, 0) is 6.42 Å². The molecule has 4 nitrogen and oxygen atoms in total. The Morgan fingerprint density at radius 1 is 1.75 bits per heavy atom. The molecule has 1 rings (SSSR count). The Hall–Kier alpha value is -0.200. The van der Waals surface area contributed by atoms with Crippen molar-refractivity contribution in [2.24, 2.45) is 0 Å². The molecular formula is C3H5IN4. The highest BCUT2D eigenvalue weighted by Crippen LogP contribution is 1.95. The van der Waals surface area contributed by atoms with Gasteiger partial charge in [-0.1, -0.05) is 6.92 Å². The highest BCUT2D eigenvalue weighted by Gasteiger charge is 1.96. The predicted molar refractivity (Wildman–Crippen MR) is 36.6 cm³/mol. The van der Waals surface area contributed by atoms with E-state index in [1.54, 1.807) is 2.90 Å². The fourth-order valence-electron chi connectivity index (χ4n) is 0.396. The minimum Gasteiger partial charge on any atom is -0.168 e. The van der Waals surface area contributed by atoms with Gasteiger partial charge in [0.15, 0.2) is 5.82 Å². The first-order valence-corrected chi connectivity index (χ1v) is 3.24. The van der Waals surface area contributed by atoms with Crippen molar-refractivity contribution in [3.63, 3.8) is 0 Å². The average Bonchev–Trinajstić information content (AvgIpc) is 2.14. The number of rotatable bonds is 1. The number of hydrogen-bond acceptors (Lipinski definition) is 3. The fraction of sp³-hybridized carbons (Fsp3) is 0.667. The minimum atomic E-state index is 0.885. The van der Waals surface area contributed by atoms with Crippen molar-refractivity contribution in [2.75, 3.05) is 0 Å². The largest absolute Gasteiger partial charge is 0.168 e. The molecule has 0 aliphatic rings. The second-order valence-corrected chi connectivity index (χ2v) is 2.22. The van der Waals surface area contributed by atoms with Gasteiger partial charge in [-0.05, 0) is 10.4 Å². The Labute approximate surface area is 60.8 Å². The summed E-state index contributed by atoms with van der Waals surface area (Å²) in [6.07, 6.45) is 0.885. The van der Waals surface area contributed by atoms with Gasteiger partial charge in [0.1, 0.15) is 0 Å². The number of hydrogen-bond donors (Lipinski definition) is 0. The van der Waals surface area contributed by atoms with E-state index in [-0.39, 0.29) is 0 Å². The van der Waals surface area contributed by atoms with Crippen LogP contribution in [-0.4, -0.2) is 18.4 Å². The quantitative estimate of drug-likeness (QED) is 0.650. The summed E-state index contributed by atoms with van der Waals surface area (Å²) in [7, 11) is 0. The summed E-state index contributed by atoms with van der Waals surface area (Å²) in [5, 5.41) is 10.8. The Morgan fingerprint density at radius 2 is 2.50 bits per heavy atom. The molecule has 8 heavy (non-hydrogen) atoms. The number of aromatic nitrogens is 4. The van der Waals surface area contributed by atoms with Gasteiger partial charge in [-0.25, -0.2) is 0 Å². The molecule has 0 spiro atoms. The lowest BCUT2D eigenvalue weighted by Gasteiger charge is -1.84. The monoisotopic (exact) mass is 224 g/mol. The van der Waals surface area contributed by atoms with Gasteiger partial charge in [0.25, 0.3) is 0 Å². The third kappa shape index (κ3) is 0.960. The maximum Gasteiger partial charge on any atom is 0.161 e. The van der Waals surface area contributed by atoms with Crippen molar-refractivity contribution in [2.45, 2.75) is 13.3 Å². The Bertz CT molecular complexity index is 172. The van der Waals surface area contributed by atoms with Crippen LogP contribution in [0.4, 0.5) is 0 Å². The molecule has 0 aliphatic heterocycles. The first-order chi connectivity index (χ1) is 3.84. The molecule has 1 aromatic heterocycles. The van der Waals surface area contributed by atoms with Gasteiger partial charge in [-0.2, -0.15) is 2.90 Å². The molecule has 1 heterocycles. The Kier molecular flexibility index (Phi) is 1.77. The van der Waals surface area contributed by atoms with E-state index in [1.165, 1.54) is 0 Å². The standard InChI is InChI=1S/C3H5IN4/c1-2-3-5-6-7-8(3)4/h2H2,1H3. The molecule has 0 radical (unpaired) electrons. The Balaban J connectivity index is 2.92. The molecule has 0 amide bonds. The van der Waals surface area contributed by atoms with Crippen LogP contribution >= 0.6 is 22.9 Å². The summed E-state index contributed by atoms with van der Waals surface area (Å²) in [6.45, 7) is 2.01. The molecule has 0 aliphatic carbocycles. The minimum absolute atomic E-state index is 0.885. The van der Waals surface area contributed by atoms with E-state index in [0.29, 0.717) is 0 Å². The van der Waals surface area contributed by atoms with E-state index in [1.807, 2.05) is 29.8 Å². The second kappa shape index (κ2) is 2.38. The highest BCUT2D eigenvalue weighted by molar-refractivity contribution is 14.1. The van der Waals surface area contributed by atoms with Gasteiger partial charge in [0.05, 0.1) is 22.9 Å². The molecule has 5 heteroatoms. The van der Waals surface area contributed by atoms with E-state index in [2.05, 4.69) is 15.5 Å². The molecule has 0 unspecified atom stereocenters. The topological polar surface area (TPSA) is 43.6 Å². The van der Waals surface area contributed by atoms with Crippen molar-refractivity contribution in [3.05, 3.63) is 5.82 Å². The third-order valence-electron chi connectivity index (χ3n) is 0.808. The lowest BCUT2D eigenvalue weighted by atomic mass is 10.5. The summed E-state index contributed by atoms with van der Waals surface area (Å²) in [4.78, 5) is 0. The van der Waals surface area contributed by atoms with Gasteiger partial charge in [0, 0.05) is 6.42 Å². The predicted octanol–water partition coefficient (Wildman–Crippen LogP) is 0.434. The second-order valence-electron chi connectivity index (χ2n) is 1.31. The third-order valence-corrected chi connectivity index (χ3v) is 1.56. The van der Waals surface area contributed by atoms with Crippen molar-refractivity contribution < 1.29 is 0 Å². The molecule has 0 aromatic carbocycles. The normalized spacial score (nSPS) is 9.75. The van der Waals surface area contributed by atoms with Crippen molar-refractivity contribution in [1.29, 1.82) is 0 Å². The van der Waals surface area contributed by atoms with Crippen LogP contribution in [0.2, 0.25) is 0 Å². The zero-order valence-corrected chi connectivity index (χ0v) is 6.53. The summed E-state index contributed by atoms with van der Waals surface area (Å²) in [5.74, 6) is 0.908. The number of halogens is 1. The molecule has 44 valence electrons. The molecule has 0 saturated carbocycles. The van der Waals surface area contributed by atoms with E-state index < -0.39 is 0 Å². The zero-order chi connectivity index (χ0) is 5.98. The van der Waals surface area contributed by atoms with Crippen molar-refractivity contribution >= 4 is 22.9 Å². The molecule has 1 aromatic rings. The van der Waals surface area contributed by atoms with Crippen LogP contribution in [0.15, 0.2) is 0 Å². The first-order valence-electron chi connectivity index (χ1n) is 2.28. The van der Waals surface area contributed by atoms with Gasteiger partial charge in [-0.15, -0.1) is 5.10 Å². The molecule has 0 bridgehead atoms. The van der Waals surface area contributed by atoms with E-state index in [0.717, 1.165) is 12.2 Å². The highest BCUT2D eigenvalue weighted by atomic mass is 127. The zero-order valence-electron chi connectivity index (χ0n) is 4.37. The summed E-state index contributed by atoms with van der Waals surface area (Å²) in [5.41, 5.74) is 0. The SMILES string of the molecule is CCc1nnnn1I. The van der Waals surface area contributed by atoms with E-state index in [9.17, 15) is 0 Å². The van der Waals surface area contributed by atoms with Gasteiger partial charge in [0.2, 0.25) is 0 Å². The van der Waals surface area contributed by atoms with Gasteiger partial charge < -0.3 is 0 Å². The van der Waals surface area contributed by atoms with Crippen LogP contribution < -0.4 is 0 Å². The molecule has 0 fully saturated rings. The van der Waals surface area contributed by atoms with Crippen LogP contribution in [0, 0.1) is 0 Å².